The number of nitrogen functional groups attached to an aromatic ring is 1. The molecule has 2 heterocycles. The average molecular weight is 349 g/mol. The Morgan fingerprint density at radius 2 is 1.75 bits per heavy atom. The average Bonchev–Trinajstić information content (AvgIpc) is 3.22. The van der Waals surface area contributed by atoms with Crippen LogP contribution in [0.2, 0.25) is 0 Å². The van der Waals surface area contributed by atoms with Crippen molar-refractivity contribution in [3.8, 4) is 28.6 Å². The minimum Gasteiger partial charge on any atom is -0.493 e. The van der Waals surface area contributed by atoms with Gasteiger partial charge in [-0.3, -0.25) is 0 Å². The number of nitrogens with zero attached hydrogens (tertiary/aromatic N) is 6. The molecule has 0 aliphatic heterocycles. The molecule has 3 rings (SSSR count). The van der Waals surface area contributed by atoms with E-state index in [0.29, 0.717) is 45.3 Å². The minimum atomic E-state index is 0.340. The number of aromatic nitrogens is 6. The Morgan fingerprint density at radius 1 is 1.04 bits per heavy atom. The van der Waals surface area contributed by atoms with Crippen LogP contribution in [0.3, 0.4) is 0 Å². The van der Waals surface area contributed by atoms with Crippen molar-refractivity contribution in [1.29, 1.82) is 0 Å². The van der Waals surface area contributed by atoms with Crippen molar-refractivity contribution in [3.05, 3.63) is 17.1 Å². The molecule has 0 fully saturated rings. The third-order valence-corrected chi connectivity index (χ3v) is 3.87. The SMILES string of the molecule is COc1cc(-c2nnn(Cc3nnc(N)s3)n2)cc(OC)c1OC. The van der Waals surface area contributed by atoms with Gasteiger partial charge in [0.05, 0.1) is 21.3 Å². The van der Waals surface area contributed by atoms with E-state index in [-0.39, 0.29) is 0 Å². The fourth-order valence-corrected chi connectivity index (χ4v) is 2.67. The molecular formula is C13H15N7O3S. The van der Waals surface area contributed by atoms with Crippen LogP contribution in [0.5, 0.6) is 17.2 Å². The first-order chi connectivity index (χ1) is 11.6. The van der Waals surface area contributed by atoms with Gasteiger partial charge in [0.1, 0.15) is 11.6 Å². The summed E-state index contributed by atoms with van der Waals surface area (Å²) >= 11 is 1.28. The van der Waals surface area contributed by atoms with Crippen LogP contribution in [-0.4, -0.2) is 51.7 Å². The van der Waals surface area contributed by atoms with E-state index >= 15 is 0 Å². The highest BCUT2D eigenvalue weighted by Crippen LogP contribution is 2.40. The van der Waals surface area contributed by atoms with Crippen LogP contribution < -0.4 is 19.9 Å². The highest BCUT2D eigenvalue weighted by atomic mass is 32.1. The molecule has 24 heavy (non-hydrogen) atoms. The minimum absolute atomic E-state index is 0.340. The first kappa shape index (κ1) is 15.9. The summed E-state index contributed by atoms with van der Waals surface area (Å²) in [7, 11) is 4.64. The fraction of sp³-hybridized carbons (Fsp3) is 0.308. The number of ether oxygens (including phenoxy) is 3. The summed E-state index contributed by atoms with van der Waals surface area (Å²) in [6.45, 7) is 0.340. The lowest BCUT2D eigenvalue weighted by atomic mass is 10.1. The Hall–Kier alpha value is -2.95. The Labute approximate surface area is 141 Å². The molecule has 0 saturated carbocycles. The van der Waals surface area contributed by atoms with Crippen LogP contribution in [0.1, 0.15) is 5.01 Å². The van der Waals surface area contributed by atoms with E-state index in [2.05, 4.69) is 25.6 Å². The lowest BCUT2D eigenvalue weighted by Gasteiger charge is -2.12. The van der Waals surface area contributed by atoms with Crippen molar-refractivity contribution in [3.63, 3.8) is 0 Å². The Kier molecular flexibility index (Phi) is 4.42. The molecule has 0 saturated heterocycles. The van der Waals surface area contributed by atoms with Crippen molar-refractivity contribution in [2.24, 2.45) is 0 Å². The third-order valence-electron chi connectivity index (χ3n) is 3.13. The number of tetrazole rings is 1. The summed E-state index contributed by atoms with van der Waals surface area (Å²) in [6.07, 6.45) is 0. The highest BCUT2D eigenvalue weighted by molar-refractivity contribution is 7.15. The fourth-order valence-electron chi connectivity index (χ4n) is 2.09. The maximum absolute atomic E-state index is 5.56. The normalized spacial score (nSPS) is 10.6. The lowest BCUT2D eigenvalue weighted by Crippen LogP contribution is -2.03. The van der Waals surface area contributed by atoms with Gasteiger partial charge in [-0.05, 0) is 17.3 Å². The molecular weight excluding hydrogens is 334 g/mol. The van der Waals surface area contributed by atoms with Gasteiger partial charge >= 0.3 is 0 Å². The number of benzene rings is 1. The van der Waals surface area contributed by atoms with E-state index in [0.717, 1.165) is 0 Å². The Morgan fingerprint density at radius 3 is 2.29 bits per heavy atom. The van der Waals surface area contributed by atoms with Gasteiger partial charge in [0.15, 0.2) is 11.5 Å². The maximum Gasteiger partial charge on any atom is 0.205 e. The zero-order valence-electron chi connectivity index (χ0n) is 13.3. The number of hydrogen-bond acceptors (Lipinski definition) is 10. The van der Waals surface area contributed by atoms with Crippen molar-refractivity contribution < 1.29 is 14.2 Å². The second-order valence-electron chi connectivity index (χ2n) is 4.59. The van der Waals surface area contributed by atoms with Gasteiger partial charge < -0.3 is 19.9 Å². The van der Waals surface area contributed by atoms with E-state index in [1.165, 1.54) is 16.1 Å². The first-order valence-electron chi connectivity index (χ1n) is 6.80. The number of methoxy groups -OCH3 is 3. The molecule has 126 valence electrons. The molecule has 0 bridgehead atoms. The maximum atomic E-state index is 5.56. The lowest BCUT2D eigenvalue weighted by molar-refractivity contribution is 0.324. The summed E-state index contributed by atoms with van der Waals surface area (Å²) < 4.78 is 16.0. The van der Waals surface area contributed by atoms with Crippen molar-refractivity contribution in [1.82, 2.24) is 30.4 Å². The topological polar surface area (TPSA) is 123 Å². The molecule has 0 atom stereocenters. The van der Waals surface area contributed by atoms with E-state index in [1.54, 1.807) is 33.5 Å². The number of hydrogen-bond donors (Lipinski definition) is 1. The zero-order valence-corrected chi connectivity index (χ0v) is 14.1. The second kappa shape index (κ2) is 6.66. The molecule has 11 heteroatoms. The molecule has 0 radical (unpaired) electrons. The van der Waals surface area contributed by atoms with Gasteiger partial charge in [0.2, 0.25) is 16.7 Å². The standard InChI is InChI=1S/C13H15N7O3S/c1-21-8-4-7(5-9(22-2)11(8)23-3)12-16-19-20(18-12)6-10-15-17-13(14)24-10/h4-5H,6H2,1-3H3,(H2,14,17). The van der Waals surface area contributed by atoms with Crippen LogP contribution in [-0.2, 0) is 6.54 Å². The van der Waals surface area contributed by atoms with Gasteiger partial charge in [0, 0.05) is 5.56 Å². The largest absolute Gasteiger partial charge is 0.493 e. The predicted octanol–water partition coefficient (Wildman–Crippen LogP) is 0.848. The molecule has 0 amide bonds. The van der Waals surface area contributed by atoms with E-state index in [1.807, 2.05) is 0 Å². The van der Waals surface area contributed by atoms with Gasteiger partial charge in [-0.1, -0.05) is 11.3 Å². The van der Waals surface area contributed by atoms with Crippen molar-refractivity contribution >= 4 is 16.5 Å². The Bertz CT molecular complexity index is 823. The van der Waals surface area contributed by atoms with Crippen LogP contribution in [0.25, 0.3) is 11.4 Å². The summed E-state index contributed by atoms with van der Waals surface area (Å²) in [5, 5.41) is 21.2. The Balaban J connectivity index is 1.92. The molecule has 0 aliphatic carbocycles. The summed E-state index contributed by atoms with van der Waals surface area (Å²) in [5.74, 6) is 1.95. The molecule has 0 aliphatic rings. The first-order valence-corrected chi connectivity index (χ1v) is 7.62. The molecule has 1 aromatic carbocycles. The molecule has 2 aromatic heterocycles. The summed E-state index contributed by atoms with van der Waals surface area (Å²) in [5.41, 5.74) is 6.25. The van der Waals surface area contributed by atoms with Crippen molar-refractivity contribution in [2.75, 3.05) is 27.1 Å². The molecule has 0 spiro atoms. The van der Waals surface area contributed by atoms with E-state index in [9.17, 15) is 0 Å². The van der Waals surface area contributed by atoms with Crippen molar-refractivity contribution in [2.45, 2.75) is 6.54 Å². The number of anilines is 1. The summed E-state index contributed by atoms with van der Waals surface area (Å²) in [4.78, 5) is 1.42. The quantitative estimate of drug-likeness (QED) is 0.689. The molecule has 0 unspecified atom stereocenters. The van der Waals surface area contributed by atoms with Crippen LogP contribution >= 0.6 is 11.3 Å². The number of rotatable bonds is 6. The molecule has 10 nitrogen and oxygen atoms in total. The smallest absolute Gasteiger partial charge is 0.205 e. The van der Waals surface area contributed by atoms with Crippen LogP contribution in [0.4, 0.5) is 5.13 Å². The van der Waals surface area contributed by atoms with Gasteiger partial charge in [-0.25, -0.2) is 0 Å². The van der Waals surface area contributed by atoms with E-state index in [4.69, 9.17) is 19.9 Å². The van der Waals surface area contributed by atoms with Crippen LogP contribution in [0, 0.1) is 0 Å². The second-order valence-corrected chi connectivity index (χ2v) is 5.69. The highest BCUT2D eigenvalue weighted by Gasteiger charge is 2.17. The third kappa shape index (κ3) is 3.06. The molecule has 2 N–H and O–H groups in total. The molecule has 3 aromatic rings. The summed E-state index contributed by atoms with van der Waals surface area (Å²) in [6, 6.07) is 3.51. The van der Waals surface area contributed by atoms with E-state index < -0.39 is 0 Å². The zero-order chi connectivity index (χ0) is 17.1. The predicted molar refractivity (Wildman–Crippen MR) is 86.3 cm³/mol. The van der Waals surface area contributed by atoms with Gasteiger partial charge in [-0.15, -0.1) is 20.4 Å². The van der Waals surface area contributed by atoms with Crippen LogP contribution in [0.15, 0.2) is 12.1 Å². The van der Waals surface area contributed by atoms with Gasteiger partial charge in [-0.2, -0.15) is 4.80 Å². The van der Waals surface area contributed by atoms with Gasteiger partial charge in [0.25, 0.3) is 0 Å². The number of nitrogens with two attached hydrogens (primary N) is 1. The monoisotopic (exact) mass is 349 g/mol.